The second-order valence-electron chi connectivity index (χ2n) is 3.86. The average Bonchev–Trinajstić information content (AvgIpc) is 2.93. The van der Waals surface area contributed by atoms with Gasteiger partial charge in [0.1, 0.15) is 0 Å². The van der Waals surface area contributed by atoms with Crippen molar-refractivity contribution in [1.82, 2.24) is 9.78 Å². The molecule has 0 saturated heterocycles. The van der Waals surface area contributed by atoms with Crippen LogP contribution in [0.25, 0.3) is 5.69 Å². The largest absolute Gasteiger partial charge is 0.454 e. The molecule has 0 aliphatic carbocycles. The third-order valence-electron chi connectivity index (χ3n) is 2.77. The second kappa shape index (κ2) is 4.07. The van der Waals surface area contributed by atoms with E-state index in [1.807, 2.05) is 36.0 Å². The molecule has 1 aromatic heterocycles. The molecule has 2 aromatic rings. The second-order valence-corrected chi connectivity index (χ2v) is 4.42. The van der Waals surface area contributed by atoms with Crippen LogP contribution in [0.3, 0.4) is 0 Å². The average molecular weight is 295 g/mol. The molecule has 3 rings (SSSR count). The van der Waals surface area contributed by atoms with Crippen LogP contribution in [-0.4, -0.2) is 16.6 Å². The van der Waals surface area contributed by atoms with Gasteiger partial charge in [0.2, 0.25) is 6.79 Å². The van der Waals surface area contributed by atoms with Gasteiger partial charge in [-0.1, -0.05) is 15.9 Å². The molecule has 0 unspecified atom stereocenters. The topological polar surface area (TPSA) is 36.3 Å². The number of hydrogen-bond donors (Lipinski definition) is 0. The Kier molecular flexibility index (Phi) is 2.55. The molecule has 1 aliphatic heterocycles. The number of hydrogen-bond acceptors (Lipinski definition) is 3. The summed E-state index contributed by atoms with van der Waals surface area (Å²) in [5, 5.41) is 5.28. The van der Waals surface area contributed by atoms with E-state index in [0.717, 1.165) is 28.2 Å². The number of rotatable bonds is 2. The lowest BCUT2D eigenvalue weighted by atomic mass is 10.3. The van der Waals surface area contributed by atoms with Gasteiger partial charge >= 0.3 is 0 Å². The first-order chi connectivity index (χ1) is 8.28. The monoisotopic (exact) mass is 294 g/mol. The minimum absolute atomic E-state index is 0.295. The van der Waals surface area contributed by atoms with E-state index in [2.05, 4.69) is 21.0 Å². The number of benzene rings is 1. The van der Waals surface area contributed by atoms with Crippen molar-refractivity contribution in [3.8, 4) is 17.2 Å². The molecule has 5 heteroatoms. The maximum absolute atomic E-state index is 5.35. The van der Waals surface area contributed by atoms with Crippen molar-refractivity contribution in [3.05, 3.63) is 35.7 Å². The standard InChI is InChI=1S/C12H11BrN2O2/c1-8-9(5-13)6-15(14-8)10-2-3-11-12(4-10)17-7-16-11/h2-4,6H,5,7H2,1H3. The van der Waals surface area contributed by atoms with Gasteiger partial charge in [0, 0.05) is 23.2 Å². The number of halogens is 1. The molecule has 0 fully saturated rings. The number of nitrogens with zero attached hydrogens (tertiary/aromatic N) is 2. The molecule has 88 valence electrons. The van der Waals surface area contributed by atoms with Gasteiger partial charge in [-0.3, -0.25) is 0 Å². The Morgan fingerprint density at radius 3 is 2.94 bits per heavy atom. The normalized spacial score (nSPS) is 13.1. The van der Waals surface area contributed by atoms with Gasteiger partial charge in [-0.15, -0.1) is 0 Å². The summed E-state index contributed by atoms with van der Waals surface area (Å²) < 4.78 is 12.5. The lowest BCUT2D eigenvalue weighted by molar-refractivity contribution is 0.174. The van der Waals surface area contributed by atoms with Gasteiger partial charge in [0.15, 0.2) is 11.5 Å². The smallest absolute Gasteiger partial charge is 0.231 e. The van der Waals surface area contributed by atoms with E-state index in [9.17, 15) is 0 Å². The van der Waals surface area contributed by atoms with Crippen LogP contribution >= 0.6 is 15.9 Å². The lowest BCUT2D eigenvalue weighted by Crippen LogP contribution is -1.95. The summed E-state index contributed by atoms with van der Waals surface area (Å²) in [5.74, 6) is 1.56. The van der Waals surface area contributed by atoms with Gasteiger partial charge < -0.3 is 9.47 Å². The zero-order valence-electron chi connectivity index (χ0n) is 9.31. The molecule has 0 spiro atoms. The predicted octanol–water partition coefficient (Wildman–Crippen LogP) is 2.80. The van der Waals surface area contributed by atoms with Crippen LogP contribution < -0.4 is 9.47 Å². The summed E-state index contributed by atoms with van der Waals surface area (Å²) in [6.45, 7) is 2.30. The van der Waals surface area contributed by atoms with Crippen molar-refractivity contribution in [2.24, 2.45) is 0 Å². The first-order valence-corrected chi connectivity index (χ1v) is 6.41. The Labute approximate surface area is 107 Å². The Morgan fingerprint density at radius 1 is 1.35 bits per heavy atom. The van der Waals surface area contributed by atoms with Crippen LogP contribution in [0.2, 0.25) is 0 Å². The minimum Gasteiger partial charge on any atom is -0.454 e. The molecular weight excluding hydrogens is 284 g/mol. The van der Waals surface area contributed by atoms with E-state index in [1.165, 1.54) is 5.56 Å². The van der Waals surface area contributed by atoms with Gasteiger partial charge in [-0.05, 0) is 19.1 Å². The molecule has 1 aromatic carbocycles. The van der Waals surface area contributed by atoms with E-state index in [4.69, 9.17) is 9.47 Å². The fraction of sp³-hybridized carbons (Fsp3) is 0.250. The van der Waals surface area contributed by atoms with Crippen molar-refractivity contribution in [1.29, 1.82) is 0 Å². The lowest BCUT2D eigenvalue weighted by Gasteiger charge is -2.02. The highest BCUT2D eigenvalue weighted by Crippen LogP contribution is 2.33. The Morgan fingerprint density at radius 2 is 2.18 bits per heavy atom. The van der Waals surface area contributed by atoms with Gasteiger partial charge in [0.25, 0.3) is 0 Å². The van der Waals surface area contributed by atoms with Crippen LogP contribution in [0.4, 0.5) is 0 Å². The van der Waals surface area contributed by atoms with Gasteiger partial charge in [-0.25, -0.2) is 4.68 Å². The summed E-state index contributed by atoms with van der Waals surface area (Å²) >= 11 is 3.45. The highest BCUT2D eigenvalue weighted by Gasteiger charge is 2.14. The van der Waals surface area contributed by atoms with Crippen LogP contribution in [0.15, 0.2) is 24.4 Å². The summed E-state index contributed by atoms with van der Waals surface area (Å²) in [4.78, 5) is 0. The molecule has 0 amide bonds. The first kappa shape index (κ1) is 10.7. The maximum Gasteiger partial charge on any atom is 0.231 e. The molecule has 0 bridgehead atoms. The summed E-state index contributed by atoms with van der Waals surface area (Å²) in [5.41, 5.74) is 3.19. The van der Waals surface area contributed by atoms with E-state index in [0.29, 0.717) is 6.79 Å². The first-order valence-electron chi connectivity index (χ1n) is 5.29. The van der Waals surface area contributed by atoms with Crippen LogP contribution in [0.5, 0.6) is 11.5 Å². The minimum atomic E-state index is 0.295. The highest BCUT2D eigenvalue weighted by molar-refractivity contribution is 9.08. The summed E-state index contributed by atoms with van der Waals surface area (Å²) in [6, 6.07) is 5.81. The quantitative estimate of drug-likeness (QED) is 0.799. The van der Waals surface area contributed by atoms with E-state index < -0.39 is 0 Å². The summed E-state index contributed by atoms with van der Waals surface area (Å²) in [7, 11) is 0. The zero-order valence-corrected chi connectivity index (χ0v) is 10.9. The van der Waals surface area contributed by atoms with Crippen LogP contribution in [0, 0.1) is 6.92 Å². The van der Waals surface area contributed by atoms with Gasteiger partial charge in [0.05, 0.1) is 11.4 Å². The maximum atomic E-state index is 5.35. The SMILES string of the molecule is Cc1nn(-c2ccc3c(c2)OCO3)cc1CBr. The predicted molar refractivity (Wildman–Crippen MR) is 67.1 cm³/mol. The Bertz CT molecular complexity index is 566. The number of fused-ring (bicyclic) bond motifs is 1. The number of ether oxygens (including phenoxy) is 2. The zero-order chi connectivity index (χ0) is 11.8. The molecule has 4 nitrogen and oxygen atoms in total. The Hall–Kier alpha value is -1.49. The molecule has 0 atom stereocenters. The Balaban J connectivity index is 2.03. The van der Waals surface area contributed by atoms with Crippen molar-refractivity contribution in [2.45, 2.75) is 12.3 Å². The third kappa shape index (κ3) is 1.80. The summed E-state index contributed by atoms with van der Waals surface area (Å²) in [6.07, 6.45) is 2.02. The van der Waals surface area contributed by atoms with Crippen molar-refractivity contribution >= 4 is 15.9 Å². The molecule has 2 heterocycles. The van der Waals surface area contributed by atoms with Crippen molar-refractivity contribution < 1.29 is 9.47 Å². The number of alkyl halides is 1. The van der Waals surface area contributed by atoms with E-state index in [1.54, 1.807) is 0 Å². The molecule has 17 heavy (non-hydrogen) atoms. The van der Waals surface area contributed by atoms with Crippen molar-refractivity contribution in [2.75, 3.05) is 6.79 Å². The fourth-order valence-corrected chi connectivity index (χ4v) is 2.34. The van der Waals surface area contributed by atoms with E-state index >= 15 is 0 Å². The number of aryl methyl sites for hydroxylation is 1. The molecule has 1 aliphatic rings. The molecule has 0 N–H and O–H groups in total. The molecule has 0 radical (unpaired) electrons. The van der Waals surface area contributed by atoms with Gasteiger partial charge in [-0.2, -0.15) is 5.10 Å². The van der Waals surface area contributed by atoms with Crippen LogP contribution in [0.1, 0.15) is 11.3 Å². The fourth-order valence-electron chi connectivity index (χ4n) is 1.79. The van der Waals surface area contributed by atoms with Crippen molar-refractivity contribution in [3.63, 3.8) is 0 Å². The highest BCUT2D eigenvalue weighted by atomic mass is 79.9. The molecular formula is C12H11BrN2O2. The van der Waals surface area contributed by atoms with E-state index in [-0.39, 0.29) is 0 Å². The third-order valence-corrected chi connectivity index (χ3v) is 3.37. The van der Waals surface area contributed by atoms with Crippen LogP contribution in [-0.2, 0) is 5.33 Å². The molecule has 0 saturated carbocycles. The number of aromatic nitrogens is 2.